The monoisotopic (exact) mass is 377 g/mol. The smallest absolute Gasteiger partial charge is 0.351 e. The van der Waals surface area contributed by atoms with Gasteiger partial charge in [-0.15, -0.1) is 17.5 Å². The molecule has 1 aliphatic heterocycles. The molecule has 134 valence electrons. The van der Waals surface area contributed by atoms with Crippen molar-refractivity contribution < 1.29 is 17.6 Å². The number of piperazine rings is 1. The Morgan fingerprint density at radius 3 is 2.52 bits per heavy atom. The first-order valence-electron chi connectivity index (χ1n) is 7.19. The molecule has 0 unspecified atom stereocenters. The molecule has 0 bridgehead atoms. The second kappa shape index (κ2) is 6.23. The van der Waals surface area contributed by atoms with Crippen molar-refractivity contribution in [2.75, 3.05) is 31.1 Å². The van der Waals surface area contributed by atoms with Crippen LogP contribution in [0, 0.1) is 5.82 Å². The SMILES string of the molecule is Cl.Fc1cc2c(cc1C(F)(F)F)nc(N1CCNCC1)c1nnnn12. The minimum absolute atomic E-state index is 0. The molecule has 1 aliphatic rings. The van der Waals surface area contributed by atoms with Gasteiger partial charge in [0.05, 0.1) is 16.6 Å². The number of rotatable bonds is 1. The maximum absolute atomic E-state index is 13.9. The second-order valence-electron chi connectivity index (χ2n) is 5.41. The summed E-state index contributed by atoms with van der Waals surface area (Å²) < 4.78 is 53.9. The van der Waals surface area contributed by atoms with Crippen LogP contribution in [0.5, 0.6) is 0 Å². The molecular formula is C13H12ClF4N7. The Morgan fingerprint density at radius 2 is 1.84 bits per heavy atom. The lowest BCUT2D eigenvalue weighted by molar-refractivity contribution is -0.139. The summed E-state index contributed by atoms with van der Waals surface area (Å²) in [6.45, 7) is 2.66. The van der Waals surface area contributed by atoms with Gasteiger partial charge in [0.2, 0.25) is 5.65 Å². The summed E-state index contributed by atoms with van der Waals surface area (Å²) in [5.74, 6) is -1.00. The van der Waals surface area contributed by atoms with Crippen molar-refractivity contribution >= 4 is 34.9 Å². The summed E-state index contributed by atoms with van der Waals surface area (Å²) in [5.41, 5.74) is -1.01. The lowest BCUT2D eigenvalue weighted by Crippen LogP contribution is -2.44. The molecule has 1 aromatic carbocycles. The molecule has 25 heavy (non-hydrogen) atoms. The van der Waals surface area contributed by atoms with E-state index in [9.17, 15) is 17.6 Å². The van der Waals surface area contributed by atoms with Crippen molar-refractivity contribution in [3.8, 4) is 0 Å². The van der Waals surface area contributed by atoms with E-state index in [4.69, 9.17) is 0 Å². The maximum atomic E-state index is 13.9. The van der Waals surface area contributed by atoms with Gasteiger partial charge in [-0.25, -0.2) is 9.37 Å². The molecule has 7 nitrogen and oxygen atoms in total. The summed E-state index contributed by atoms with van der Waals surface area (Å²) >= 11 is 0. The molecule has 0 atom stereocenters. The number of aromatic nitrogens is 5. The quantitative estimate of drug-likeness (QED) is 0.650. The summed E-state index contributed by atoms with van der Waals surface area (Å²) in [4.78, 5) is 6.17. The van der Waals surface area contributed by atoms with Crippen LogP contribution in [0.3, 0.4) is 0 Å². The highest BCUT2D eigenvalue weighted by Crippen LogP contribution is 2.34. The number of nitrogens with one attached hydrogen (secondary N) is 1. The van der Waals surface area contributed by atoms with Crippen LogP contribution >= 0.6 is 12.4 Å². The Kier molecular flexibility index (Phi) is 4.37. The zero-order valence-corrected chi connectivity index (χ0v) is 13.4. The molecule has 1 N–H and O–H groups in total. The molecule has 0 spiro atoms. The Hall–Kier alpha value is -2.27. The molecule has 0 amide bonds. The molecule has 0 saturated carbocycles. The van der Waals surface area contributed by atoms with E-state index >= 15 is 0 Å². The van der Waals surface area contributed by atoms with Gasteiger partial charge < -0.3 is 10.2 Å². The van der Waals surface area contributed by atoms with Gasteiger partial charge in [0, 0.05) is 32.2 Å². The summed E-state index contributed by atoms with van der Waals surface area (Å²) in [6.07, 6.45) is -4.80. The van der Waals surface area contributed by atoms with E-state index in [0.717, 1.165) is 6.07 Å². The first kappa shape index (κ1) is 17.5. The average molecular weight is 378 g/mol. The zero-order chi connectivity index (χ0) is 16.9. The fourth-order valence-electron chi connectivity index (χ4n) is 2.77. The fraction of sp³-hybridized carbons (Fsp3) is 0.385. The Labute approximate surface area is 144 Å². The Morgan fingerprint density at radius 1 is 1.12 bits per heavy atom. The van der Waals surface area contributed by atoms with Crippen molar-refractivity contribution in [2.45, 2.75) is 6.18 Å². The van der Waals surface area contributed by atoms with Crippen LogP contribution in [0.15, 0.2) is 12.1 Å². The zero-order valence-electron chi connectivity index (χ0n) is 12.6. The van der Waals surface area contributed by atoms with Gasteiger partial charge in [-0.05, 0) is 16.5 Å². The van der Waals surface area contributed by atoms with Gasteiger partial charge >= 0.3 is 6.18 Å². The normalized spacial score (nSPS) is 15.6. The Balaban J connectivity index is 0.00000182. The van der Waals surface area contributed by atoms with Gasteiger partial charge in [-0.1, -0.05) is 0 Å². The molecule has 3 aromatic rings. The third-order valence-electron chi connectivity index (χ3n) is 3.91. The van der Waals surface area contributed by atoms with Gasteiger partial charge in [0.15, 0.2) is 5.82 Å². The van der Waals surface area contributed by atoms with Crippen LogP contribution in [0.4, 0.5) is 23.4 Å². The third-order valence-corrected chi connectivity index (χ3v) is 3.91. The standard InChI is InChI=1S/C13H11F4N7.ClH/c14-8-6-10-9(5-7(8)13(15,16)17)19-11(12-20-21-22-24(10)12)23-3-1-18-2-4-23;/h5-6,18H,1-4H2;1H. The van der Waals surface area contributed by atoms with Crippen molar-refractivity contribution in [3.63, 3.8) is 0 Å². The molecule has 12 heteroatoms. The topological polar surface area (TPSA) is 71.2 Å². The van der Waals surface area contributed by atoms with Gasteiger partial charge in [-0.3, -0.25) is 0 Å². The highest BCUT2D eigenvalue weighted by Gasteiger charge is 2.35. The number of anilines is 1. The minimum Gasteiger partial charge on any atom is -0.351 e. The minimum atomic E-state index is -4.80. The number of alkyl halides is 3. The number of hydrogen-bond acceptors (Lipinski definition) is 6. The van der Waals surface area contributed by atoms with Crippen LogP contribution in [0.25, 0.3) is 16.7 Å². The Bertz CT molecular complexity index is 920. The fourth-order valence-corrected chi connectivity index (χ4v) is 2.77. The number of nitrogens with zero attached hydrogens (tertiary/aromatic N) is 6. The number of benzene rings is 1. The van der Waals surface area contributed by atoms with Crippen LogP contribution in [0.1, 0.15) is 5.56 Å². The van der Waals surface area contributed by atoms with Crippen LogP contribution in [-0.2, 0) is 6.18 Å². The van der Waals surface area contributed by atoms with E-state index in [2.05, 4.69) is 25.8 Å². The molecule has 0 aliphatic carbocycles. The molecule has 1 saturated heterocycles. The van der Waals surface area contributed by atoms with Gasteiger partial charge in [0.1, 0.15) is 5.82 Å². The van der Waals surface area contributed by atoms with Crippen LogP contribution < -0.4 is 10.2 Å². The number of hydrogen-bond donors (Lipinski definition) is 1. The van der Waals surface area contributed by atoms with E-state index < -0.39 is 17.6 Å². The molecule has 4 rings (SSSR count). The average Bonchev–Trinajstić information content (AvgIpc) is 3.03. The molecule has 3 heterocycles. The van der Waals surface area contributed by atoms with Crippen molar-refractivity contribution in [1.29, 1.82) is 0 Å². The van der Waals surface area contributed by atoms with Crippen LogP contribution in [-0.4, -0.2) is 51.2 Å². The van der Waals surface area contributed by atoms with E-state index in [0.29, 0.717) is 38.1 Å². The van der Waals surface area contributed by atoms with E-state index in [1.54, 1.807) is 0 Å². The number of tetrazole rings is 1. The molecular weight excluding hydrogens is 366 g/mol. The lowest BCUT2D eigenvalue weighted by atomic mass is 10.1. The van der Waals surface area contributed by atoms with E-state index in [1.165, 1.54) is 4.52 Å². The van der Waals surface area contributed by atoms with Crippen molar-refractivity contribution in [1.82, 2.24) is 30.3 Å². The van der Waals surface area contributed by atoms with Crippen molar-refractivity contribution in [3.05, 3.63) is 23.5 Å². The number of fused-ring (bicyclic) bond motifs is 3. The third kappa shape index (κ3) is 2.93. The predicted octanol–water partition coefficient (Wildman–Crippen LogP) is 1.66. The molecule has 2 aromatic heterocycles. The van der Waals surface area contributed by atoms with E-state index in [1.807, 2.05) is 4.90 Å². The summed E-state index contributed by atoms with van der Waals surface area (Å²) in [6, 6.07) is 1.45. The second-order valence-corrected chi connectivity index (χ2v) is 5.41. The predicted molar refractivity (Wildman–Crippen MR) is 83.4 cm³/mol. The number of halogens is 5. The van der Waals surface area contributed by atoms with Crippen molar-refractivity contribution in [2.24, 2.45) is 0 Å². The maximum Gasteiger partial charge on any atom is 0.419 e. The largest absolute Gasteiger partial charge is 0.419 e. The highest BCUT2D eigenvalue weighted by atomic mass is 35.5. The lowest BCUT2D eigenvalue weighted by Gasteiger charge is -2.28. The first-order chi connectivity index (χ1) is 11.4. The molecule has 1 fully saturated rings. The summed E-state index contributed by atoms with van der Waals surface area (Å²) in [5, 5.41) is 14.4. The van der Waals surface area contributed by atoms with Crippen LogP contribution in [0.2, 0.25) is 0 Å². The highest BCUT2D eigenvalue weighted by molar-refractivity contribution is 5.85. The summed E-state index contributed by atoms with van der Waals surface area (Å²) in [7, 11) is 0. The molecule has 0 radical (unpaired) electrons. The first-order valence-corrected chi connectivity index (χ1v) is 7.19. The van der Waals surface area contributed by atoms with Gasteiger partial charge in [-0.2, -0.15) is 17.7 Å². The van der Waals surface area contributed by atoms with Gasteiger partial charge in [0.25, 0.3) is 0 Å². The van der Waals surface area contributed by atoms with E-state index in [-0.39, 0.29) is 29.1 Å².